The first kappa shape index (κ1) is 23.1. The van der Waals surface area contributed by atoms with E-state index in [-0.39, 0.29) is 23.9 Å². The Morgan fingerprint density at radius 1 is 0.938 bits per heavy atom. The Morgan fingerprint density at radius 3 is 2.47 bits per heavy atom. The molecule has 10 heteroatoms. The molecule has 8 nitrogen and oxygen atoms in total. The zero-order chi connectivity index (χ0) is 22.9. The summed E-state index contributed by atoms with van der Waals surface area (Å²) in [6, 6.07) is 17.0. The second-order valence-corrected chi connectivity index (χ2v) is 7.34. The van der Waals surface area contributed by atoms with E-state index < -0.39 is 11.8 Å². The summed E-state index contributed by atoms with van der Waals surface area (Å²) in [6.07, 6.45) is 1.54. The second-order valence-electron chi connectivity index (χ2n) is 6.53. The molecule has 0 atom stereocenters. The van der Waals surface area contributed by atoms with Crippen molar-refractivity contribution in [2.45, 2.75) is 13.0 Å². The molecule has 0 saturated carbocycles. The average molecular weight is 473 g/mol. The molecule has 164 valence electrons. The van der Waals surface area contributed by atoms with Crippen molar-refractivity contribution >= 4 is 52.8 Å². The minimum atomic E-state index is -0.863. The first-order valence-electron chi connectivity index (χ1n) is 9.39. The summed E-state index contributed by atoms with van der Waals surface area (Å²) in [5, 5.41) is 9.30. The molecule has 32 heavy (non-hydrogen) atoms. The summed E-state index contributed by atoms with van der Waals surface area (Å²) < 4.78 is 5.48. The number of hydrogen-bond donors (Lipinski definition) is 3. The Hall–Kier alpha value is -3.62. The van der Waals surface area contributed by atoms with Gasteiger partial charge in [-0.05, 0) is 35.9 Å². The molecule has 0 radical (unpaired) electrons. The number of amides is 3. The zero-order valence-corrected chi connectivity index (χ0v) is 18.1. The van der Waals surface area contributed by atoms with Gasteiger partial charge in [-0.1, -0.05) is 53.5 Å². The molecule has 0 aliphatic heterocycles. The topological polar surface area (TPSA) is 113 Å². The quantitative estimate of drug-likeness (QED) is 0.277. The van der Waals surface area contributed by atoms with E-state index in [4.69, 9.17) is 27.6 Å². The van der Waals surface area contributed by atoms with E-state index in [1.165, 1.54) is 24.4 Å². The molecular weight excluding hydrogens is 455 g/mol. The highest BCUT2D eigenvalue weighted by atomic mass is 35.5. The summed E-state index contributed by atoms with van der Waals surface area (Å²) in [5.41, 5.74) is 3.63. The first-order valence-corrected chi connectivity index (χ1v) is 10.1. The van der Waals surface area contributed by atoms with Crippen molar-refractivity contribution in [1.82, 2.24) is 10.7 Å². The van der Waals surface area contributed by atoms with E-state index in [2.05, 4.69) is 21.2 Å². The maximum Gasteiger partial charge on any atom is 0.313 e. The maximum absolute atomic E-state index is 12.0. The van der Waals surface area contributed by atoms with Crippen LogP contribution in [0.4, 0.5) is 5.69 Å². The van der Waals surface area contributed by atoms with Crippen molar-refractivity contribution in [3.8, 4) is 0 Å². The highest BCUT2D eigenvalue weighted by Gasteiger charge is 2.14. The van der Waals surface area contributed by atoms with Gasteiger partial charge in [0.15, 0.2) is 0 Å². The summed E-state index contributed by atoms with van der Waals surface area (Å²) in [5.74, 6) is -1.21. The minimum absolute atomic E-state index is 0.0121. The molecule has 0 aliphatic carbocycles. The Balaban J connectivity index is 1.43. The van der Waals surface area contributed by atoms with Crippen LogP contribution >= 0.6 is 23.2 Å². The van der Waals surface area contributed by atoms with E-state index in [9.17, 15) is 14.4 Å². The van der Waals surface area contributed by atoms with Crippen LogP contribution in [0.25, 0.3) is 0 Å². The van der Waals surface area contributed by atoms with Crippen LogP contribution in [-0.2, 0) is 27.3 Å². The van der Waals surface area contributed by atoms with Crippen molar-refractivity contribution in [1.29, 1.82) is 0 Å². The number of hydrogen-bond acceptors (Lipinski definition) is 5. The van der Waals surface area contributed by atoms with Crippen LogP contribution in [0, 0.1) is 0 Å². The molecule has 0 fully saturated rings. The lowest BCUT2D eigenvalue weighted by molar-refractivity contribution is -0.136. The fraction of sp³-hybridized carbons (Fsp3) is 0.0909. The molecule has 0 unspecified atom stereocenters. The maximum atomic E-state index is 12.0. The molecule has 2 aromatic carbocycles. The standard InChI is InChI=1S/C22H18Cl2N4O4/c23-18-9-6-15(11-19(18)24)27-22(31)21(30)25-12-16-7-8-17(32-16)13-26-28-20(29)10-14-4-2-1-3-5-14/h1-9,11,13H,10,12H2,(H,25,30)(H,27,31)(H,28,29)/b26-13-. The predicted octanol–water partition coefficient (Wildman–Crippen LogP) is 3.53. The molecule has 3 aromatic rings. The van der Waals surface area contributed by atoms with Crippen LogP contribution < -0.4 is 16.1 Å². The van der Waals surface area contributed by atoms with Gasteiger partial charge in [0.05, 0.1) is 29.2 Å². The lowest BCUT2D eigenvalue weighted by Gasteiger charge is -2.06. The van der Waals surface area contributed by atoms with E-state index in [1.54, 1.807) is 12.1 Å². The van der Waals surface area contributed by atoms with Crippen LogP contribution in [-0.4, -0.2) is 23.9 Å². The number of carbonyl (C=O) groups is 3. The highest BCUT2D eigenvalue weighted by Crippen LogP contribution is 2.24. The largest absolute Gasteiger partial charge is 0.458 e. The summed E-state index contributed by atoms with van der Waals surface area (Å²) in [6.45, 7) is -0.0121. The third kappa shape index (κ3) is 6.97. The molecule has 1 heterocycles. The lowest BCUT2D eigenvalue weighted by Crippen LogP contribution is -2.34. The summed E-state index contributed by atoms with van der Waals surface area (Å²) in [4.78, 5) is 35.8. The van der Waals surface area contributed by atoms with Crippen molar-refractivity contribution < 1.29 is 18.8 Å². The number of nitrogens with one attached hydrogen (secondary N) is 3. The zero-order valence-electron chi connectivity index (χ0n) is 16.6. The van der Waals surface area contributed by atoms with Gasteiger partial charge in [-0.3, -0.25) is 14.4 Å². The molecule has 3 rings (SSSR count). The van der Waals surface area contributed by atoms with Gasteiger partial charge in [0, 0.05) is 5.69 Å². The Morgan fingerprint density at radius 2 is 1.72 bits per heavy atom. The molecule has 0 aliphatic rings. The number of anilines is 1. The van der Waals surface area contributed by atoms with Gasteiger partial charge in [-0.15, -0.1) is 0 Å². The fourth-order valence-electron chi connectivity index (χ4n) is 2.56. The molecule has 3 N–H and O–H groups in total. The summed E-state index contributed by atoms with van der Waals surface area (Å²) in [7, 11) is 0. The number of halogens is 2. The average Bonchev–Trinajstić information content (AvgIpc) is 3.23. The minimum Gasteiger partial charge on any atom is -0.458 e. The molecular formula is C22H18Cl2N4O4. The Kier molecular flexibility index (Phi) is 8.02. The van der Waals surface area contributed by atoms with E-state index in [1.807, 2.05) is 30.3 Å². The third-order valence-corrected chi connectivity index (χ3v) is 4.82. The highest BCUT2D eigenvalue weighted by molar-refractivity contribution is 6.42. The second kappa shape index (κ2) is 11.1. The predicted molar refractivity (Wildman–Crippen MR) is 122 cm³/mol. The number of rotatable bonds is 7. The molecule has 0 saturated heterocycles. The van der Waals surface area contributed by atoms with Crippen LogP contribution in [0.2, 0.25) is 10.0 Å². The normalized spacial score (nSPS) is 10.7. The monoisotopic (exact) mass is 472 g/mol. The number of nitrogens with zero attached hydrogens (tertiary/aromatic N) is 1. The molecule has 1 aromatic heterocycles. The molecule has 0 bridgehead atoms. The van der Waals surface area contributed by atoms with Crippen LogP contribution in [0.15, 0.2) is 70.2 Å². The SMILES string of the molecule is O=C(Cc1ccccc1)N/N=C\c1ccc(CNC(=O)C(=O)Nc2ccc(Cl)c(Cl)c2)o1. The Bertz CT molecular complexity index is 1150. The van der Waals surface area contributed by atoms with Crippen molar-refractivity contribution in [2.75, 3.05) is 5.32 Å². The third-order valence-electron chi connectivity index (χ3n) is 4.08. The smallest absolute Gasteiger partial charge is 0.313 e. The fourth-order valence-corrected chi connectivity index (χ4v) is 2.86. The van der Waals surface area contributed by atoms with Crippen LogP contribution in [0.5, 0.6) is 0 Å². The van der Waals surface area contributed by atoms with E-state index >= 15 is 0 Å². The molecule has 0 spiro atoms. The van der Waals surface area contributed by atoms with Crippen molar-refractivity contribution in [3.63, 3.8) is 0 Å². The van der Waals surface area contributed by atoms with Gasteiger partial charge >= 0.3 is 11.8 Å². The van der Waals surface area contributed by atoms with Crippen LogP contribution in [0.3, 0.4) is 0 Å². The van der Waals surface area contributed by atoms with E-state index in [0.29, 0.717) is 22.2 Å². The number of benzene rings is 2. The number of carbonyl (C=O) groups excluding carboxylic acids is 3. The lowest BCUT2D eigenvalue weighted by atomic mass is 10.1. The van der Waals surface area contributed by atoms with Gasteiger partial charge in [0.25, 0.3) is 0 Å². The van der Waals surface area contributed by atoms with Crippen molar-refractivity contribution in [3.05, 3.63) is 87.8 Å². The van der Waals surface area contributed by atoms with Gasteiger partial charge < -0.3 is 15.1 Å². The van der Waals surface area contributed by atoms with Gasteiger partial charge in [0.2, 0.25) is 5.91 Å². The van der Waals surface area contributed by atoms with Crippen LogP contribution in [0.1, 0.15) is 17.1 Å². The summed E-state index contributed by atoms with van der Waals surface area (Å²) >= 11 is 11.7. The molecule has 3 amide bonds. The number of furan rings is 1. The number of hydrazone groups is 1. The Labute approximate surface area is 193 Å². The van der Waals surface area contributed by atoms with Gasteiger partial charge in [0.1, 0.15) is 11.5 Å². The van der Waals surface area contributed by atoms with Gasteiger partial charge in [-0.2, -0.15) is 5.10 Å². The first-order chi connectivity index (χ1) is 15.4. The van der Waals surface area contributed by atoms with Gasteiger partial charge in [-0.25, -0.2) is 5.43 Å². The van der Waals surface area contributed by atoms with E-state index in [0.717, 1.165) is 5.56 Å². The van der Waals surface area contributed by atoms with Crippen molar-refractivity contribution in [2.24, 2.45) is 5.10 Å².